The number of carbonyl (C=O) groups is 1. The third-order valence-electron chi connectivity index (χ3n) is 4.48. The number of hydrogen-bond donors (Lipinski definition) is 0. The van der Waals surface area contributed by atoms with E-state index in [1.807, 2.05) is 6.92 Å². The zero-order valence-corrected chi connectivity index (χ0v) is 15.1. The Morgan fingerprint density at radius 3 is 2.62 bits per heavy atom. The quantitative estimate of drug-likeness (QED) is 0.776. The van der Waals surface area contributed by atoms with E-state index in [1.54, 1.807) is 18.2 Å². The van der Waals surface area contributed by atoms with Gasteiger partial charge in [-0.25, -0.2) is 4.79 Å². The molecule has 0 aliphatic carbocycles. The Labute approximate surface area is 149 Å². The molecule has 0 spiro atoms. The van der Waals surface area contributed by atoms with Crippen molar-refractivity contribution >= 4 is 18.4 Å². The van der Waals surface area contributed by atoms with Crippen LogP contribution in [0.1, 0.15) is 37.0 Å². The first-order valence-corrected chi connectivity index (χ1v) is 8.45. The molecule has 0 bridgehead atoms. The summed E-state index contributed by atoms with van der Waals surface area (Å²) < 4.78 is 16.6. The zero-order valence-electron chi connectivity index (χ0n) is 14.3. The first-order chi connectivity index (χ1) is 11.1. The van der Waals surface area contributed by atoms with E-state index >= 15 is 0 Å². The first kappa shape index (κ1) is 18.9. The lowest BCUT2D eigenvalue weighted by molar-refractivity contribution is 0.0221. The molecule has 0 N–H and O–H groups in total. The largest absolute Gasteiger partial charge is 0.486 e. The van der Waals surface area contributed by atoms with Gasteiger partial charge >= 0.3 is 5.97 Å². The molecule has 1 aromatic carbocycles. The Bertz CT molecular complexity index is 558. The second-order valence-electron chi connectivity index (χ2n) is 6.56. The molecule has 1 saturated heterocycles. The van der Waals surface area contributed by atoms with Crippen LogP contribution in [0.4, 0.5) is 0 Å². The van der Waals surface area contributed by atoms with Gasteiger partial charge in [-0.2, -0.15) is 0 Å². The molecule has 1 fully saturated rings. The molecular weight excluding hydrogens is 330 g/mol. The van der Waals surface area contributed by atoms with Gasteiger partial charge in [0.1, 0.15) is 19.3 Å². The van der Waals surface area contributed by atoms with Gasteiger partial charge < -0.3 is 14.2 Å². The third-order valence-corrected chi connectivity index (χ3v) is 4.48. The van der Waals surface area contributed by atoms with E-state index in [9.17, 15) is 4.79 Å². The van der Waals surface area contributed by atoms with Crippen molar-refractivity contribution in [1.29, 1.82) is 0 Å². The van der Waals surface area contributed by atoms with Crippen molar-refractivity contribution in [3.8, 4) is 11.5 Å². The van der Waals surface area contributed by atoms with Crippen LogP contribution in [0.3, 0.4) is 0 Å². The number of benzene rings is 1. The van der Waals surface area contributed by atoms with Crippen molar-refractivity contribution in [2.75, 3.05) is 32.8 Å². The summed E-state index contributed by atoms with van der Waals surface area (Å²) in [5.41, 5.74) is 0.508. The monoisotopic (exact) mass is 355 g/mol. The molecule has 6 heteroatoms. The predicted octanol–water partition coefficient (Wildman–Crippen LogP) is 3.16. The normalized spacial score (nSPS) is 19.2. The van der Waals surface area contributed by atoms with E-state index < -0.39 is 0 Å². The number of fused-ring (bicyclic) bond motifs is 1. The zero-order chi connectivity index (χ0) is 16.2. The Balaban J connectivity index is 0.00000208. The molecular formula is C18H26ClNO4. The molecule has 2 heterocycles. The van der Waals surface area contributed by atoms with Crippen molar-refractivity contribution in [3.63, 3.8) is 0 Å². The molecule has 0 radical (unpaired) electrons. The van der Waals surface area contributed by atoms with E-state index in [0.29, 0.717) is 30.3 Å². The second kappa shape index (κ2) is 8.58. The maximum Gasteiger partial charge on any atom is 0.338 e. The van der Waals surface area contributed by atoms with Gasteiger partial charge in [-0.3, -0.25) is 4.90 Å². The fourth-order valence-corrected chi connectivity index (χ4v) is 3.07. The van der Waals surface area contributed by atoms with Gasteiger partial charge in [0.15, 0.2) is 11.5 Å². The number of piperidine rings is 1. The molecule has 134 valence electrons. The van der Waals surface area contributed by atoms with Crippen LogP contribution < -0.4 is 9.47 Å². The van der Waals surface area contributed by atoms with Gasteiger partial charge in [-0.1, -0.05) is 6.92 Å². The molecule has 1 aromatic rings. The molecule has 24 heavy (non-hydrogen) atoms. The number of nitrogens with zero attached hydrogens (tertiary/aromatic N) is 1. The van der Waals surface area contributed by atoms with Crippen LogP contribution in [0.15, 0.2) is 18.2 Å². The van der Waals surface area contributed by atoms with Crippen molar-refractivity contribution in [2.24, 2.45) is 5.92 Å². The van der Waals surface area contributed by atoms with Crippen molar-refractivity contribution < 1.29 is 19.0 Å². The van der Waals surface area contributed by atoms with Crippen LogP contribution in [0, 0.1) is 5.92 Å². The van der Waals surface area contributed by atoms with E-state index in [-0.39, 0.29) is 24.5 Å². The lowest BCUT2D eigenvalue weighted by Crippen LogP contribution is -2.38. The van der Waals surface area contributed by atoms with Crippen molar-refractivity contribution in [3.05, 3.63) is 23.8 Å². The van der Waals surface area contributed by atoms with Crippen LogP contribution >= 0.6 is 12.4 Å². The minimum Gasteiger partial charge on any atom is -0.486 e. The highest BCUT2D eigenvalue weighted by Crippen LogP contribution is 2.31. The summed E-state index contributed by atoms with van der Waals surface area (Å²) in [5, 5.41) is 0. The Kier molecular flexibility index (Phi) is 6.75. The van der Waals surface area contributed by atoms with Crippen LogP contribution in [0.25, 0.3) is 0 Å². The topological polar surface area (TPSA) is 48.0 Å². The molecule has 3 rings (SSSR count). The molecule has 0 saturated carbocycles. The van der Waals surface area contributed by atoms with Crippen molar-refractivity contribution in [1.82, 2.24) is 4.90 Å². The molecule has 2 aliphatic heterocycles. The summed E-state index contributed by atoms with van der Waals surface area (Å²) in [4.78, 5) is 14.7. The first-order valence-electron chi connectivity index (χ1n) is 8.45. The highest BCUT2D eigenvalue weighted by Gasteiger charge is 2.21. The van der Waals surface area contributed by atoms with E-state index in [1.165, 1.54) is 12.8 Å². The lowest BCUT2D eigenvalue weighted by Gasteiger charge is -2.31. The Morgan fingerprint density at radius 2 is 1.92 bits per heavy atom. The maximum absolute atomic E-state index is 12.3. The fourth-order valence-electron chi connectivity index (χ4n) is 3.07. The minimum absolute atomic E-state index is 0. The molecule has 5 nitrogen and oxygen atoms in total. The number of likely N-dealkylation sites (tertiary alicyclic amines) is 1. The molecule has 1 atom stereocenters. The van der Waals surface area contributed by atoms with Crippen LogP contribution in [-0.4, -0.2) is 49.8 Å². The van der Waals surface area contributed by atoms with Gasteiger partial charge in [0.2, 0.25) is 0 Å². The summed E-state index contributed by atoms with van der Waals surface area (Å²) in [5.74, 6) is 1.80. The number of rotatable bonds is 4. The summed E-state index contributed by atoms with van der Waals surface area (Å²) in [6.07, 6.45) is 2.33. The van der Waals surface area contributed by atoms with Gasteiger partial charge in [-0.15, -0.1) is 12.4 Å². The Hall–Kier alpha value is -1.46. The number of halogens is 1. The third kappa shape index (κ3) is 4.77. The smallest absolute Gasteiger partial charge is 0.338 e. The summed E-state index contributed by atoms with van der Waals surface area (Å²) in [7, 11) is 0. The van der Waals surface area contributed by atoms with Gasteiger partial charge in [0.25, 0.3) is 0 Å². The summed E-state index contributed by atoms with van der Waals surface area (Å²) >= 11 is 0. The molecule has 1 unspecified atom stereocenters. The minimum atomic E-state index is -0.306. The average molecular weight is 356 g/mol. The second-order valence-corrected chi connectivity index (χ2v) is 6.56. The highest BCUT2D eigenvalue weighted by molar-refractivity contribution is 5.90. The maximum atomic E-state index is 12.3. The van der Waals surface area contributed by atoms with Crippen molar-refractivity contribution in [2.45, 2.75) is 32.8 Å². The standard InChI is InChI=1S/C18H25NO4.ClH/c1-13-5-7-19(8-6-13)12-14(2)23-18(20)15-3-4-16-17(11-15)22-10-9-21-16;/h3-4,11,13-14H,5-10,12H2,1-2H3;1H. The SMILES string of the molecule is CC1CCN(CC(C)OC(=O)c2ccc3c(c2)OCCO3)CC1.Cl. The van der Waals surface area contributed by atoms with Gasteiger partial charge in [0, 0.05) is 6.54 Å². The summed E-state index contributed by atoms with van der Waals surface area (Å²) in [6, 6.07) is 5.19. The number of carbonyl (C=O) groups excluding carboxylic acids is 1. The predicted molar refractivity (Wildman–Crippen MR) is 94.4 cm³/mol. The van der Waals surface area contributed by atoms with Crippen LogP contribution in [0.2, 0.25) is 0 Å². The van der Waals surface area contributed by atoms with E-state index in [0.717, 1.165) is 25.6 Å². The van der Waals surface area contributed by atoms with E-state index in [2.05, 4.69) is 11.8 Å². The fraction of sp³-hybridized carbons (Fsp3) is 0.611. The number of hydrogen-bond acceptors (Lipinski definition) is 5. The van der Waals surface area contributed by atoms with Crippen LogP contribution in [-0.2, 0) is 4.74 Å². The average Bonchev–Trinajstić information content (AvgIpc) is 2.56. The van der Waals surface area contributed by atoms with Gasteiger partial charge in [-0.05, 0) is 57.0 Å². The molecule has 0 amide bonds. The number of ether oxygens (including phenoxy) is 3. The summed E-state index contributed by atoms with van der Waals surface area (Å²) in [6.45, 7) is 8.28. The lowest BCUT2D eigenvalue weighted by atomic mass is 9.99. The Morgan fingerprint density at radius 1 is 1.25 bits per heavy atom. The molecule has 2 aliphatic rings. The highest BCUT2D eigenvalue weighted by atomic mass is 35.5. The molecule has 0 aromatic heterocycles. The van der Waals surface area contributed by atoms with Gasteiger partial charge in [0.05, 0.1) is 5.56 Å². The van der Waals surface area contributed by atoms with E-state index in [4.69, 9.17) is 14.2 Å². The van der Waals surface area contributed by atoms with Crippen LogP contribution in [0.5, 0.6) is 11.5 Å². The number of esters is 1.